The standard InChI is InChI=1S/C14H8O4/c1-2-8-6-11-9(7-12(8)14(17)18)4-3-5-10(11)13(15)16/h1,3-7H,(H,15,16)(H,17,18). The Morgan fingerprint density at radius 2 is 1.72 bits per heavy atom. The van der Waals surface area contributed by atoms with Crippen molar-refractivity contribution >= 4 is 22.7 Å². The Morgan fingerprint density at radius 1 is 1.06 bits per heavy atom. The number of rotatable bonds is 2. The molecule has 0 radical (unpaired) electrons. The predicted molar refractivity (Wildman–Crippen MR) is 65.8 cm³/mol. The number of terminal acetylenes is 1. The first-order valence-electron chi connectivity index (χ1n) is 5.04. The Balaban J connectivity index is 2.88. The molecule has 0 aromatic heterocycles. The summed E-state index contributed by atoms with van der Waals surface area (Å²) >= 11 is 0. The first-order chi connectivity index (χ1) is 8.54. The molecule has 0 bridgehead atoms. The van der Waals surface area contributed by atoms with Gasteiger partial charge in [-0.2, -0.15) is 0 Å². The van der Waals surface area contributed by atoms with E-state index < -0.39 is 11.9 Å². The van der Waals surface area contributed by atoms with Crippen molar-refractivity contribution in [2.45, 2.75) is 0 Å². The molecule has 0 heterocycles. The number of carboxylic acid groups (broad SMARTS) is 2. The summed E-state index contributed by atoms with van der Waals surface area (Å²) in [6.45, 7) is 0. The zero-order valence-corrected chi connectivity index (χ0v) is 9.18. The van der Waals surface area contributed by atoms with Gasteiger partial charge in [0.2, 0.25) is 0 Å². The number of hydrogen-bond acceptors (Lipinski definition) is 2. The molecule has 0 aliphatic heterocycles. The molecule has 0 saturated carbocycles. The van der Waals surface area contributed by atoms with E-state index in [0.717, 1.165) is 0 Å². The van der Waals surface area contributed by atoms with Crippen LogP contribution < -0.4 is 0 Å². The minimum absolute atomic E-state index is 0.00691. The van der Waals surface area contributed by atoms with Gasteiger partial charge in [0.15, 0.2) is 0 Å². The van der Waals surface area contributed by atoms with Gasteiger partial charge in [0.25, 0.3) is 0 Å². The lowest BCUT2D eigenvalue weighted by atomic mass is 9.98. The molecule has 2 aromatic rings. The van der Waals surface area contributed by atoms with Crippen molar-refractivity contribution in [3.05, 3.63) is 47.0 Å². The lowest BCUT2D eigenvalue weighted by Gasteiger charge is -2.06. The molecule has 0 atom stereocenters. The molecule has 4 nitrogen and oxygen atoms in total. The van der Waals surface area contributed by atoms with Crippen molar-refractivity contribution in [1.29, 1.82) is 0 Å². The van der Waals surface area contributed by atoms with E-state index in [0.29, 0.717) is 10.8 Å². The van der Waals surface area contributed by atoms with Crippen LogP contribution in [0.2, 0.25) is 0 Å². The lowest BCUT2D eigenvalue weighted by molar-refractivity contribution is 0.0688. The molecule has 2 rings (SSSR count). The van der Waals surface area contributed by atoms with E-state index in [1.54, 1.807) is 12.1 Å². The van der Waals surface area contributed by atoms with Crippen molar-refractivity contribution in [2.24, 2.45) is 0 Å². The van der Waals surface area contributed by atoms with Gasteiger partial charge in [0.05, 0.1) is 11.1 Å². The van der Waals surface area contributed by atoms with Crippen molar-refractivity contribution in [3.63, 3.8) is 0 Å². The van der Waals surface area contributed by atoms with Gasteiger partial charge in [-0.3, -0.25) is 0 Å². The van der Waals surface area contributed by atoms with Gasteiger partial charge in [-0.15, -0.1) is 6.42 Å². The summed E-state index contributed by atoms with van der Waals surface area (Å²) in [4.78, 5) is 22.1. The van der Waals surface area contributed by atoms with E-state index in [2.05, 4.69) is 5.92 Å². The second kappa shape index (κ2) is 4.22. The molecule has 0 spiro atoms. The summed E-state index contributed by atoms with van der Waals surface area (Å²) in [5.41, 5.74) is 0.261. The summed E-state index contributed by atoms with van der Waals surface area (Å²) < 4.78 is 0. The van der Waals surface area contributed by atoms with E-state index in [1.807, 2.05) is 0 Å². The molecule has 88 valence electrons. The molecule has 0 aliphatic rings. The molecule has 4 heteroatoms. The van der Waals surface area contributed by atoms with Crippen molar-refractivity contribution in [2.75, 3.05) is 0 Å². The Kier molecular flexibility index (Phi) is 2.74. The summed E-state index contributed by atoms with van der Waals surface area (Å²) in [6.07, 6.45) is 5.24. The van der Waals surface area contributed by atoms with Gasteiger partial charge in [0.1, 0.15) is 0 Å². The third-order valence-electron chi connectivity index (χ3n) is 2.63. The molecule has 0 unspecified atom stereocenters. The SMILES string of the molecule is C#Cc1cc2c(C(=O)O)cccc2cc1C(=O)O. The minimum Gasteiger partial charge on any atom is -0.478 e. The van der Waals surface area contributed by atoms with Gasteiger partial charge in [-0.25, -0.2) is 9.59 Å². The lowest BCUT2D eigenvalue weighted by Crippen LogP contribution is -2.02. The van der Waals surface area contributed by atoms with Gasteiger partial charge < -0.3 is 10.2 Å². The van der Waals surface area contributed by atoms with Crippen LogP contribution in [0.1, 0.15) is 26.3 Å². The molecule has 18 heavy (non-hydrogen) atoms. The maximum Gasteiger partial charge on any atom is 0.336 e. The van der Waals surface area contributed by atoms with E-state index in [9.17, 15) is 9.59 Å². The van der Waals surface area contributed by atoms with Crippen LogP contribution in [0.15, 0.2) is 30.3 Å². The van der Waals surface area contributed by atoms with Gasteiger partial charge >= 0.3 is 11.9 Å². The number of benzene rings is 2. The Hall–Kier alpha value is -2.80. The summed E-state index contributed by atoms with van der Waals surface area (Å²) in [6, 6.07) is 7.47. The van der Waals surface area contributed by atoms with Crippen LogP contribution >= 0.6 is 0 Å². The first kappa shape index (κ1) is 11.7. The fourth-order valence-corrected chi connectivity index (χ4v) is 1.81. The monoisotopic (exact) mass is 240 g/mol. The smallest absolute Gasteiger partial charge is 0.336 e. The van der Waals surface area contributed by atoms with Crippen LogP contribution in [0.4, 0.5) is 0 Å². The van der Waals surface area contributed by atoms with E-state index >= 15 is 0 Å². The maximum absolute atomic E-state index is 11.1. The van der Waals surface area contributed by atoms with Crippen LogP contribution in [0.25, 0.3) is 10.8 Å². The Bertz CT molecular complexity index is 708. The molecule has 2 aromatic carbocycles. The van der Waals surface area contributed by atoms with Gasteiger partial charge in [0, 0.05) is 5.56 Å². The highest BCUT2D eigenvalue weighted by molar-refractivity contribution is 6.06. The molecule has 0 saturated heterocycles. The fraction of sp³-hybridized carbons (Fsp3) is 0. The molecule has 2 N–H and O–H groups in total. The van der Waals surface area contributed by atoms with E-state index in [1.165, 1.54) is 18.2 Å². The molecular weight excluding hydrogens is 232 g/mol. The highest BCUT2D eigenvalue weighted by Crippen LogP contribution is 2.23. The van der Waals surface area contributed by atoms with Crippen LogP contribution in [-0.4, -0.2) is 22.2 Å². The first-order valence-corrected chi connectivity index (χ1v) is 5.04. The minimum atomic E-state index is -1.13. The average Bonchev–Trinajstić information content (AvgIpc) is 2.35. The van der Waals surface area contributed by atoms with Gasteiger partial charge in [-0.05, 0) is 29.0 Å². The van der Waals surface area contributed by atoms with Crippen LogP contribution in [0.3, 0.4) is 0 Å². The predicted octanol–water partition coefficient (Wildman–Crippen LogP) is 2.22. The molecule has 0 amide bonds. The van der Waals surface area contributed by atoms with E-state index in [-0.39, 0.29) is 16.7 Å². The molecule has 0 fully saturated rings. The fourth-order valence-electron chi connectivity index (χ4n) is 1.81. The van der Waals surface area contributed by atoms with Crippen LogP contribution in [-0.2, 0) is 0 Å². The summed E-state index contributed by atoms with van der Waals surface area (Å²) in [5, 5.41) is 19.0. The van der Waals surface area contributed by atoms with Crippen molar-refractivity contribution in [3.8, 4) is 12.3 Å². The third kappa shape index (κ3) is 1.78. The topological polar surface area (TPSA) is 74.6 Å². The zero-order valence-electron chi connectivity index (χ0n) is 9.18. The maximum atomic E-state index is 11.1. The third-order valence-corrected chi connectivity index (χ3v) is 2.63. The Morgan fingerprint density at radius 3 is 2.28 bits per heavy atom. The second-order valence-electron chi connectivity index (χ2n) is 3.68. The summed E-state index contributed by atoms with van der Waals surface area (Å²) in [5.74, 6) is 0.0505. The number of aromatic carboxylic acids is 2. The van der Waals surface area contributed by atoms with Crippen LogP contribution in [0.5, 0.6) is 0 Å². The highest BCUT2D eigenvalue weighted by atomic mass is 16.4. The normalized spacial score (nSPS) is 9.94. The second-order valence-corrected chi connectivity index (χ2v) is 3.68. The number of carboxylic acids is 2. The van der Waals surface area contributed by atoms with Crippen molar-refractivity contribution < 1.29 is 19.8 Å². The Labute approximate surface area is 102 Å². The average molecular weight is 240 g/mol. The van der Waals surface area contributed by atoms with Crippen LogP contribution in [0, 0.1) is 12.3 Å². The molecule has 0 aliphatic carbocycles. The highest BCUT2D eigenvalue weighted by Gasteiger charge is 2.14. The number of carbonyl (C=O) groups is 2. The number of fused-ring (bicyclic) bond motifs is 1. The van der Waals surface area contributed by atoms with Crippen molar-refractivity contribution in [1.82, 2.24) is 0 Å². The largest absolute Gasteiger partial charge is 0.478 e. The quantitative estimate of drug-likeness (QED) is 0.789. The summed E-state index contributed by atoms with van der Waals surface area (Å²) in [7, 11) is 0. The number of hydrogen-bond donors (Lipinski definition) is 2. The van der Waals surface area contributed by atoms with E-state index in [4.69, 9.17) is 16.6 Å². The zero-order chi connectivity index (χ0) is 13.3. The van der Waals surface area contributed by atoms with Gasteiger partial charge in [-0.1, -0.05) is 18.1 Å². The molecular formula is C14H8O4.